The van der Waals surface area contributed by atoms with Crippen molar-refractivity contribution < 1.29 is 29.7 Å². The lowest BCUT2D eigenvalue weighted by Gasteiger charge is -2.22. The predicted molar refractivity (Wildman–Crippen MR) is 101 cm³/mol. The summed E-state index contributed by atoms with van der Waals surface area (Å²) in [5.74, 6) is -1.95. The predicted octanol–water partition coefficient (Wildman–Crippen LogP) is -0.938. The Morgan fingerprint density at radius 1 is 1.11 bits per heavy atom. The third-order valence-electron chi connectivity index (χ3n) is 3.77. The van der Waals surface area contributed by atoms with Crippen LogP contribution < -0.4 is 16.4 Å². The molecule has 0 heterocycles. The summed E-state index contributed by atoms with van der Waals surface area (Å²) < 4.78 is 0. The molecule has 0 saturated carbocycles. The molecule has 0 saturated heterocycles. The van der Waals surface area contributed by atoms with E-state index < -0.39 is 42.5 Å². The number of nitrogens with two attached hydrogens (primary N) is 1. The number of phenols is 1. The van der Waals surface area contributed by atoms with Crippen molar-refractivity contribution in [3.05, 3.63) is 29.8 Å². The molecule has 2 amide bonds. The Labute approximate surface area is 161 Å². The monoisotopic (exact) mass is 399 g/mol. The van der Waals surface area contributed by atoms with Gasteiger partial charge < -0.3 is 31.7 Å². The number of benzene rings is 1. The maximum Gasteiger partial charge on any atom is 0.326 e. The number of amides is 2. The van der Waals surface area contributed by atoms with Gasteiger partial charge in [-0.15, -0.1) is 0 Å². The number of carboxylic acids is 1. The molecule has 0 spiro atoms. The molecule has 0 aromatic heterocycles. The van der Waals surface area contributed by atoms with Gasteiger partial charge in [0.05, 0.1) is 6.61 Å². The summed E-state index contributed by atoms with van der Waals surface area (Å²) in [5, 5.41) is 32.5. The lowest BCUT2D eigenvalue weighted by Crippen LogP contribution is -2.55. The van der Waals surface area contributed by atoms with Gasteiger partial charge in [-0.25, -0.2) is 4.79 Å². The van der Waals surface area contributed by atoms with Crippen LogP contribution in [0.15, 0.2) is 24.3 Å². The molecule has 3 unspecified atom stereocenters. The first-order chi connectivity index (χ1) is 12.8. The Morgan fingerprint density at radius 2 is 1.70 bits per heavy atom. The smallest absolute Gasteiger partial charge is 0.326 e. The second-order valence-electron chi connectivity index (χ2n) is 5.90. The van der Waals surface area contributed by atoms with Gasteiger partial charge in [-0.3, -0.25) is 9.59 Å². The summed E-state index contributed by atoms with van der Waals surface area (Å²) in [7, 11) is 0. The van der Waals surface area contributed by atoms with Crippen molar-refractivity contribution >= 4 is 29.5 Å². The van der Waals surface area contributed by atoms with Crippen LogP contribution in [0, 0.1) is 0 Å². The SMILES string of the molecule is CSCCC(NC(=O)C(N)CO)C(=O)NC(Cc1ccc(O)cc1)C(=O)O. The van der Waals surface area contributed by atoms with Crippen LogP contribution in [-0.4, -0.2) is 69.8 Å². The second-order valence-corrected chi connectivity index (χ2v) is 6.89. The fourth-order valence-electron chi connectivity index (χ4n) is 2.21. The summed E-state index contributed by atoms with van der Waals surface area (Å²) in [6.07, 6.45) is 2.13. The molecule has 150 valence electrons. The van der Waals surface area contributed by atoms with Crippen LogP contribution in [0.4, 0.5) is 0 Å². The van der Waals surface area contributed by atoms with Gasteiger partial charge in [-0.05, 0) is 36.1 Å². The largest absolute Gasteiger partial charge is 0.508 e. The van der Waals surface area contributed by atoms with Crippen LogP contribution in [0.25, 0.3) is 0 Å². The van der Waals surface area contributed by atoms with Crippen LogP contribution in [-0.2, 0) is 20.8 Å². The average Bonchev–Trinajstić information content (AvgIpc) is 2.64. The van der Waals surface area contributed by atoms with E-state index >= 15 is 0 Å². The minimum Gasteiger partial charge on any atom is -0.508 e. The Hall–Kier alpha value is -2.30. The molecule has 1 aromatic carbocycles. The van der Waals surface area contributed by atoms with Gasteiger partial charge in [0, 0.05) is 6.42 Å². The molecule has 0 aliphatic heterocycles. The van der Waals surface area contributed by atoms with E-state index in [1.807, 2.05) is 6.26 Å². The third-order valence-corrected chi connectivity index (χ3v) is 4.41. The van der Waals surface area contributed by atoms with Gasteiger partial charge >= 0.3 is 5.97 Å². The first kappa shape index (κ1) is 22.7. The Balaban J connectivity index is 2.82. The minimum atomic E-state index is -1.22. The maximum absolute atomic E-state index is 12.5. The highest BCUT2D eigenvalue weighted by atomic mass is 32.2. The molecular formula is C17H25N3O6S. The van der Waals surface area contributed by atoms with E-state index in [0.29, 0.717) is 11.3 Å². The van der Waals surface area contributed by atoms with Crippen LogP contribution in [0.5, 0.6) is 5.75 Å². The van der Waals surface area contributed by atoms with Crippen molar-refractivity contribution in [3.63, 3.8) is 0 Å². The van der Waals surface area contributed by atoms with E-state index in [4.69, 9.17) is 10.8 Å². The molecule has 0 radical (unpaired) electrons. The molecule has 7 N–H and O–H groups in total. The normalized spacial score (nSPS) is 14.0. The van der Waals surface area contributed by atoms with Gasteiger partial charge in [-0.2, -0.15) is 11.8 Å². The zero-order valence-electron chi connectivity index (χ0n) is 14.9. The second kappa shape index (κ2) is 11.4. The number of carbonyl (C=O) groups is 3. The van der Waals surface area contributed by atoms with E-state index in [-0.39, 0.29) is 18.6 Å². The van der Waals surface area contributed by atoms with Crippen LogP contribution in [0.2, 0.25) is 0 Å². The van der Waals surface area contributed by atoms with E-state index in [1.165, 1.54) is 23.9 Å². The molecule has 1 aromatic rings. The molecule has 10 heteroatoms. The number of aliphatic hydroxyl groups is 1. The fourth-order valence-corrected chi connectivity index (χ4v) is 2.68. The summed E-state index contributed by atoms with van der Waals surface area (Å²) in [5.41, 5.74) is 6.06. The number of hydrogen-bond donors (Lipinski definition) is 6. The van der Waals surface area contributed by atoms with Crippen LogP contribution >= 0.6 is 11.8 Å². The third kappa shape index (κ3) is 7.85. The van der Waals surface area contributed by atoms with Gasteiger partial charge in [0.1, 0.15) is 23.9 Å². The first-order valence-electron chi connectivity index (χ1n) is 8.25. The van der Waals surface area contributed by atoms with Gasteiger partial charge in [0.2, 0.25) is 11.8 Å². The number of aliphatic hydroxyl groups excluding tert-OH is 1. The first-order valence-corrected chi connectivity index (χ1v) is 9.64. The Kier molecular flexibility index (Phi) is 9.62. The van der Waals surface area contributed by atoms with Crippen LogP contribution in [0.1, 0.15) is 12.0 Å². The number of carbonyl (C=O) groups excluding carboxylic acids is 2. The van der Waals surface area contributed by atoms with E-state index in [1.54, 1.807) is 12.1 Å². The van der Waals surface area contributed by atoms with Gasteiger partial charge in [0.25, 0.3) is 0 Å². The number of thioether (sulfide) groups is 1. The Bertz CT molecular complexity index is 640. The molecule has 0 bridgehead atoms. The summed E-state index contributed by atoms with van der Waals surface area (Å²) >= 11 is 1.47. The molecule has 1 rings (SSSR count). The quantitative estimate of drug-likeness (QED) is 0.278. The number of nitrogens with one attached hydrogen (secondary N) is 2. The topological polar surface area (TPSA) is 162 Å². The van der Waals surface area contributed by atoms with E-state index in [2.05, 4.69) is 10.6 Å². The molecular weight excluding hydrogens is 374 g/mol. The summed E-state index contributed by atoms with van der Waals surface area (Å²) in [6.45, 7) is -0.568. The van der Waals surface area contributed by atoms with Crippen molar-refractivity contribution in [3.8, 4) is 5.75 Å². The van der Waals surface area contributed by atoms with Crippen molar-refractivity contribution in [2.45, 2.75) is 31.0 Å². The zero-order chi connectivity index (χ0) is 20.4. The van der Waals surface area contributed by atoms with Crippen molar-refractivity contribution in [1.82, 2.24) is 10.6 Å². The van der Waals surface area contributed by atoms with Gasteiger partial charge in [-0.1, -0.05) is 12.1 Å². The molecule has 9 nitrogen and oxygen atoms in total. The molecule has 3 atom stereocenters. The van der Waals surface area contributed by atoms with E-state index in [9.17, 15) is 24.6 Å². The number of aliphatic carboxylic acids is 1. The zero-order valence-corrected chi connectivity index (χ0v) is 15.7. The highest BCUT2D eigenvalue weighted by molar-refractivity contribution is 7.98. The Morgan fingerprint density at radius 3 is 2.22 bits per heavy atom. The van der Waals surface area contributed by atoms with E-state index in [0.717, 1.165) is 0 Å². The number of carboxylic acid groups (broad SMARTS) is 1. The lowest BCUT2D eigenvalue weighted by atomic mass is 10.0. The highest BCUT2D eigenvalue weighted by Gasteiger charge is 2.27. The highest BCUT2D eigenvalue weighted by Crippen LogP contribution is 2.12. The standard InChI is InChI=1S/C17H25N3O6S/c1-27-7-6-13(19-15(23)12(18)9-21)16(24)20-14(17(25)26)8-10-2-4-11(22)5-3-10/h2-5,12-14,21-22H,6-9,18H2,1H3,(H,19,23)(H,20,24)(H,25,26). The number of phenolic OH excluding ortho intramolecular Hbond substituents is 1. The molecule has 0 aliphatic carbocycles. The van der Waals surface area contributed by atoms with Crippen molar-refractivity contribution in [2.24, 2.45) is 5.73 Å². The summed E-state index contributed by atoms with van der Waals surface area (Å²) in [6, 6.07) is 2.63. The number of aromatic hydroxyl groups is 1. The molecule has 0 fully saturated rings. The number of hydrogen-bond acceptors (Lipinski definition) is 7. The average molecular weight is 399 g/mol. The van der Waals surface area contributed by atoms with Crippen LogP contribution in [0.3, 0.4) is 0 Å². The molecule has 27 heavy (non-hydrogen) atoms. The fraction of sp³-hybridized carbons (Fsp3) is 0.471. The van der Waals surface area contributed by atoms with Crippen molar-refractivity contribution in [2.75, 3.05) is 18.6 Å². The molecule has 0 aliphatic rings. The van der Waals surface area contributed by atoms with Gasteiger partial charge in [0.15, 0.2) is 0 Å². The number of rotatable bonds is 11. The van der Waals surface area contributed by atoms with Crippen molar-refractivity contribution in [1.29, 1.82) is 0 Å². The minimum absolute atomic E-state index is 0.0146. The lowest BCUT2D eigenvalue weighted by molar-refractivity contribution is -0.142. The summed E-state index contributed by atoms with van der Waals surface area (Å²) in [4.78, 5) is 35.9. The maximum atomic E-state index is 12.5.